The van der Waals surface area contributed by atoms with Crippen molar-refractivity contribution in [2.45, 2.75) is 6.04 Å². The van der Waals surface area contributed by atoms with Gasteiger partial charge < -0.3 is 10.2 Å². The van der Waals surface area contributed by atoms with E-state index in [1.807, 2.05) is 72.8 Å². The summed E-state index contributed by atoms with van der Waals surface area (Å²) >= 11 is 0. The first kappa shape index (κ1) is 18.0. The number of benzene rings is 4. The van der Waals surface area contributed by atoms with Crippen LogP contribution in [-0.4, -0.2) is 16.1 Å². The van der Waals surface area contributed by atoms with Crippen LogP contribution in [0.5, 0.6) is 11.5 Å². The van der Waals surface area contributed by atoms with Crippen molar-refractivity contribution in [2.75, 3.05) is 4.90 Å². The number of fused-ring (bicyclic) bond motifs is 1. The summed E-state index contributed by atoms with van der Waals surface area (Å²) in [6.07, 6.45) is 0. The Bertz CT molecular complexity index is 1230. The van der Waals surface area contributed by atoms with Gasteiger partial charge in [-0.15, -0.1) is 0 Å². The highest BCUT2D eigenvalue weighted by Crippen LogP contribution is 2.42. The molecule has 0 spiro atoms. The molecule has 1 unspecified atom stereocenters. The molecular formula is C26H19NO3. The predicted octanol–water partition coefficient (Wildman–Crippen LogP) is 5.51. The highest BCUT2D eigenvalue weighted by Gasteiger charge is 2.38. The Kier molecular flexibility index (Phi) is 4.25. The first-order chi connectivity index (χ1) is 14.6. The Labute approximate surface area is 174 Å². The Balaban J connectivity index is 1.63. The van der Waals surface area contributed by atoms with Crippen molar-refractivity contribution in [3.63, 3.8) is 0 Å². The summed E-state index contributed by atoms with van der Waals surface area (Å²) in [5, 5.41) is 19.3. The maximum atomic E-state index is 13.4. The summed E-state index contributed by atoms with van der Waals surface area (Å²) in [5.74, 6) is 0.358. The number of hydrogen-bond donors (Lipinski definition) is 2. The van der Waals surface area contributed by atoms with Gasteiger partial charge >= 0.3 is 0 Å². The molecule has 1 aliphatic heterocycles. The second-order valence-electron chi connectivity index (χ2n) is 7.35. The van der Waals surface area contributed by atoms with Gasteiger partial charge in [-0.25, -0.2) is 0 Å². The van der Waals surface area contributed by atoms with Crippen LogP contribution in [0.2, 0.25) is 0 Å². The van der Waals surface area contributed by atoms with Crippen LogP contribution in [0, 0.1) is 0 Å². The lowest BCUT2D eigenvalue weighted by atomic mass is 9.97. The standard InChI is InChI=1S/C26H19NO3/c28-21-12-8-17(9-13-21)19-4-3-5-20(16-19)27-25(18-10-14-22(29)15-11-18)23-6-1-2-7-24(23)26(27)30/h1-16,25,28-29H. The van der Waals surface area contributed by atoms with Crippen LogP contribution in [-0.2, 0) is 0 Å². The van der Waals surface area contributed by atoms with Gasteiger partial charge in [0.25, 0.3) is 5.91 Å². The van der Waals surface area contributed by atoms with E-state index in [0.717, 1.165) is 27.9 Å². The average Bonchev–Trinajstić information content (AvgIpc) is 3.08. The number of anilines is 1. The summed E-state index contributed by atoms with van der Waals surface area (Å²) < 4.78 is 0. The third kappa shape index (κ3) is 2.99. The number of carbonyl (C=O) groups is 1. The lowest BCUT2D eigenvalue weighted by Gasteiger charge is -2.26. The van der Waals surface area contributed by atoms with E-state index in [0.29, 0.717) is 5.56 Å². The second-order valence-corrected chi connectivity index (χ2v) is 7.35. The van der Waals surface area contributed by atoms with E-state index >= 15 is 0 Å². The highest BCUT2D eigenvalue weighted by atomic mass is 16.3. The van der Waals surface area contributed by atoms with Crippen molar-refractivity contribution in [3.05, 3.63) is 114 Å². The van der Waals surface area contributed by atoms with Gasteiger partial charge in [-0.05, 0) is 64.7 Å². The van der Waals surface area contributed by atoms with Crippen molar-refractivity contribution < 1.29 is 15.0 Å². The number of aromatic hydroxyl groups is 2. The van der Waals surface area contributed by atoms with E-state index in [1.54, 1.807) is 29.2 Å². The number of nitrogens with zero attached hydrogens (tertiary/aromatic N) is 1. The fraction of sp³-hybridized carbons (Fsp3) is 0.0385. The summed E-state index contributed by atoms with van der Waals surface area (Å²) in [6.45, 7) is 0. The maximum absolute atomic E-state index is 13.4. The molecular weight excluding hydrogens is 374 g/mol. The van der Waals surface area contributed by atoms with E-state index in [2.05, 4.69) is 0 Å². The van der Waals surface area contributed by atoms with Gasteiger partial charge in [0.05, 0.1) is 6.04 Å². The van der Waals surface area contributed by atoms with Crippen LogP contribution < -0.4 is 4.90 Å². The lowest BCUT2D eigenvalue weighted by Crippen LogP contribution is -2.28. The van der Waals surface area contributed by atoms with Gasteiger partial charge in [0, 0.05) is 11.3 Å². The topological polar surface area (TPSA) is 60.8 Å². The number of phenols is 2. The van der Waals surface area contributed by atoms with Gasteiger partial charge in [0.2, 0.25) is 0 Å². The molecule has 1 amide bonds. The van der Waals surface area contributed by atoms with E-state index in [-0.39, 0.29) is 23.4 Å². The third-order valence-corrected chi connectivity index (χ3v) is 5.50. The molecule has 4 heteroatoms. The minimum Gasteiger partial charge on any atom is -0.508 e. The van der Waals surface area contributed by atoms with Crippen LogP contribution >= 0.6 is 0 Å². The quantitative estimate of drug-likeness (QED) is 0.482. The first-order valence-corrected chi connectivity index (χ1v) is 9.73. The Morgan fingerprint density at radius 2 is 1.33 bits per heavy atom. The highest BCUT2D eigenvalue weighted by molar-refractivity contribution is 6.11. The van der Waals surface area contributed by atoms with Crippen molar-refractivity contribution >= 4 is 11.6 Å². The summed E-state index contributed by atoms with van der Waals surface area (Å²) in [6, 6.07) is 29.2. The Morgan fingerprint density at radius 3 is 2.07 bits per heavy atom. The van der Waals surface area contributed by atoms with Gasteiger partial charge in [0.1, 0.15) is 11.5 Å². The van der Waals surface area contributed by atoms with E-state index < -0.39 is 0 Å². The number of rotatable bonds is 3. The van der Waals surface area contributed by atoms with Gasteiger partial charge in [-0.3, -0.25) is 9.69 Å². The van der Waals surface area contributed by atoms with Crippen molar-refractivity contribution in [3.8, 4) is 22.6 Å². The molecule has 0 saturated carbocycles. The molecule has 4 nitrogen and oxygen atoms in total. The summed E-state index contributed by atoms with van der Waals surface area (Å²) in [7, 11) is 0. The molecule has 0 radical (unpaired) electrons. The van der Waals surface area contributed by atoms with Crippen LogP contribution in [0.25, 0.3) is 11.1 Å². The monoisotopic (exact) mass is 393 g/mol. The third-order valence-electron chi connectivity index (χ3n) is 5.50. The summed E-state index contributed by atoms with van der Waals surface area (Å²) in [5.41, 5.74) is 5.27. The molecule has 4 aromatic rings. The van der Waals surface area contributed by atoms with E-state index in [1.165, 1.54) is 0 Å². The van der Waals surface area contributed by atoms with Crippen molar-refractivity contribution in [2.24, 2.45) is 0 Å². The Morgan fingerprint density at radius 1 is 0.667 bits per heavy atom. The van der Waals surface area contributed by atoms with Gasteiger partial charge in [-0.1, -0.05) is 54.6 Å². The molecule has 0 aliphatic carbocycles. The fourth-order valence-corrected chi connectivity index (χ4v) is 4.06. The van der Waals surface area contributed by atoms with Crippen molar-refractivity contribution in [1.29, 1.82) is 0 Å². The smallest absolute Gasteiger partial charge is 0.259 e. The molecule has 0 aromatic heterocycles. The fourth-order valence-electron chi connectivity index (χ4n) is 4.06. The summed E-state index contributed by atoms with van der Waals surface area (Å²) in [4.78, 5) is 15.2. The number of carbonyl (C=O) groups excluding carboxylic acids is 1. The van der Waals surface area contributed by atoms with Crippen LogP contribution in [0.1, 0.15) is 27.5 Å². The van der Waals surface area contributed by atoms with Crippen LogP contribution in [0.15, 0.2) is 97.1 Å². The van der Waals surface area contributed by atoms with Crippen LogP contribution in [0.3, 0.4) is 0 Å². The Hall–Kier alpha value is -4.05. The molecule has 146 valence electrons. The molecule has 4 aromatic carbocycles. The van der Waals surface area contributed by atoms with E-state index in [9.17, 15) is 15.0 Å². The molecule has 0 bridgehead atoms. The van der Waals surface area contributed by atoms with E-state index in [4.69, 9.17) is 0 Å². The average molecular weight is 393 g/mol. The molecule has 5 rings (SSSR count). The molecule has 30 heavy (non-hydrogen) atoms. The normalized spacial score (nSPS) is 15.3. The number of amides is 1. The van der Waals surface area contributed by atoms with Gasteiger partial charge in [-0.2, -0.15) is 0 Å². The molecule has 2 N–H and O–H groups in total. The molecule has 1 aliphatic rings. The zero-order chi connectivity index (χ0) is 20.7. The zero-order valence-electron chi connectivity index (χ0n) is 16.1. The minimum absolute atomic E-state index is 0.0495. The molecule has 1 atom stereocenters. The van der Waals surface area contributed by atoms with Crippen molar-refractivity contribution in [1.82, 2.24) is 0 Å². The largest absolute Gasteiger partial charge is 0.508 e. The van der Waals surface area contributed by atoms with Gasteiger partial charge in [0.15, 0.2) is 0 Å². The predicted molar refractivity (Wildman–Crippen MR) is 117 cm³/mol. The maximum Gasteiger partial charge on any atom is 0.259 e. The first-order valence-electron chi connectivity index (χ1n) is 9.73. The zero-order valence-corrected chi connectivity index (χ0v) is 16.1. The molecule has 1 heterocycles. The lowest BCUT2D eigenvalue weighted by molar-refractivity contribution is 0.0993. The number of phenolic OH excluding ortho intramolecular Hbond substituents is 2. The minimum atomic E-state index is -0.274. The molecule has 0 saturated heterocycles. The molecule has 0 fully saturated rings. The SMILES string of the molecule is O=C1c2ccccc2C(c2ccc(O)cc2)N1c1cccc(-c2ccc(O)cc2)c1. The number of hydrogen-bond acceptors (Lipinski definition) is 3. The second kappa shape index (κ2) is 7.08. The van der Waals surface area contributed by atoms with Crippen LogP contribution in [0.4, 0.5) is 5.69 Å².